The van der Waals surface area contributed by atoms with Crippen molar-refractivity contribution in [3.63, 3.8) is 0 Å². The van der Waals surface area contributed by atoms with E-state index in [1.807, 2.05) is 0 Å². The van der Waals surface area contributed by atoms with Crippen LogP contribution in [-0.4, -0.2) is 18.5 Å². The van der Waals surface area contributed by atoms with Crippen LogP contribution >= 0.6 is 0 Å². The highest BCUT2D eigenvalue weighted by atomic mass is 15.1. The van der Waals surface area contributed by atoms with E-state index >= 15 is 0 Å². The molecule has 0 aromatic carbocycles. The summed E-state index contributed by atoms with van der Waals surface area (Å²) in [6, 6.07) is 0.255. The smallest absolute Gasteiger partial charge is 0.188 e. The SMILES string of the molecule is C#CCC(CC)NC(N)=NCCC. The number of aliphatic imine (C=N–C) groups is 1. The Morgan fingerprint density at radius 2 is 2.31 bits per heavy atom. The van der Waals surface area contributed by atoms with E-state index in [1.54, 1.807) is 0 Å². The van der Waals surface area contributed by atoms with Crippen molar-refractivity contribution in [1.82, 2.24) is 5.32 Å². The zero-order valence-electron chi connectivity index (χ0n) is 8.51. The van der Waals surface area contributed by atoms with Gasteiger partial charge in [0.2, 0.25) is 0 Å². The molecule has 0 aromatic rings. The zero-order chi connectivity index (χ0) is 10.1. The largest absolute Gasteiger partial charge is 0.370 e. The van der Waals surface area contributed by atoms with E-state index in [4.69, 9.17) is 12.2 Å². The second-order valence-electron chi connectivity index (χ2n) is 2.92. The highest BCUT2D eigenvalue weighted by Crippen LogP contribution is 1.94. The van der Waals surface area contributed by atoms with Crippen LogP contribution < -0.4 is 11.1 Å². The lowest BCUT2D eigenvalue weighted by molar-refractivity contribution is 0.598. The Labute approximate surface area is 80.8 Å². The highest BCUT2D eigenvalue weighted by molar-refractivity contribution is 5.78. The predicted octanol–water partition coefficient (Wildman–Crippen LogP) is 1.10. The number of nitrogens with zero attached hydrogens (tertiary/aromatic N) is 1. The minimum absolute atomic E-state index is 0.255. The Bertz CT molecular complexity index is 191. The standard InChI is InChI=1S/C10H19N3/c1-4-7-9(6-3)13-10(11)12-8-5-2/h1,9H,5-8H2,2-3H3,(H3,11,12,13). The molecular formula is C10H19N3. The van der Waals surface area contributed by atoms with Gasteiger partial charge in [-0.1, -0.05) is 13.8 Å². The molecule has 0 aliphatic carbocycles. The number of rotatable bonds is 5. The second kappa shape index (κ2) is 7.48. The van der Waals surface area contributed by atoms with Gasteiger partial charge in [-0.05, 0) is 12.8 Å². The maximum atomic E-state index is 5.64. The third kappa shape index (κ3) is 6.03. The molecule has 3 nitrogen and oxygen atoms in total. The van der Waals surface area contributed by atoms with Crippen molar-refractivity contribution in [3.8, 4) is 12.3 Å². The van der Waals surface area contributed by atoms with Gasteiger partial charge in [0.05, 0.1) is 0 Å². The first kappa shape index (κ1) is 11.8. The number of hydrogen-bond acceptors (Lipinski definition) is 1. The van der Waals surface area contributed by atoms with E-state index in [0.29, 0.717) is 12.4 Å². The molecule has 3 N–H and O–H groups in total. The summed E-state index contributed by atoms with van der Waals surface area (Å²) < 4.78 is 0. The Kier molecular flexibility index (Phi) is 6.80. The number of guanidine groups is 1. The van der Waals surface area contributed by atoms with Gasteiger partial charge in [0, 0.05) is 19.0 Å². The van der Waals surface area contributed by atoms with Crippen molar-refractivity contribution in [1.29, 1.82) is 0 Å². The Hall–Kier alpha value is -1.17. The molecule has 13 heavy (non-hydrogen) atoms. The molecule has 1 atom stereocenters. The second-order valence-corrected chi connectivity index (χ2v) is 2.92. The van der Waals surface area contributed by atoms with Crippen molar-refractivity contribution < 1.29 is 0 Å². The lowest BCUT2D eigenvalue weighted by Gasteiger charge is -2.14. The third-order valence-corrected chi connectivity index (χ3v) is 1.71. The van der Waals surface area contributed by atoms with Gasteiger partial charge in [0.25, 0.3) is 0 Å². The fraction of sp³-hybridized carbons (Fsp3) is 0.700. The Balaban J connectivity index is 3.86. The van der Waals surface area contributed by atoms with E-state index in [-0.39, 0.29) is 6.04 Å². The van der Waals surface area contributed by atoms with Crippen LogP contribution in [-0.2, 0) is 0 Å². The summed E-state index contributed by atoms with van der Waals surface area (Å²) in [4.78, 5) is 4.13. The Morgan fingerprint density at radius 3 is 2.77 bits per heavy atom. The average molecular weight is 181 g/mol. The average Bonchev–Trinajstić information content (AvgIpc) is 2.14. The van der Waals surface area contributed by atoms with Crippen LogP contribution in [0.2, 0.25) is 0 Å². The molecule has 0 aromatic heterocycles. The molecule has 0 bridgehead atoms. The normalized spacial score (nSPS) is 13.5. The lowest BCUT2D eigenvalue weighted by Crippen LogP contribution is -2.39. The topological polar surface area (TPSA) is 50.4 Å². The van der Waals surface area contributed by atoms with Gasteiger partial charge < -0.3 is 11.1 Å². The molecule has 0 amide bonds. The van der Waals surface area contributed by atoms with Crippen LogP contribution in [0.3, 0.4) is 0 Å². The highest BCUT2D eigenvalue weighted by Gasteiger charge is 2.03. The van der Waals surface area contributed by atoms with Crippen LogP contribution in [0.5, 0.6) is 0 Å². The maximum Gasteiger partial charge on any atom is 0.188 e. The van der Waals surface area contributed by atoms with Crippen LogP contribution in [0.25, 0.3) is 0 Å². The van der Waals surface area contributed by atoms with Gasteiger partial charge in [-0.3, -0.25) is 4.99 Å². The minimum atomic E-state index is 0.255. The molecule has 0 aliphatic rings. The molecule has 0 heterocycles. The fourth-order valence-corrected chi connectivity index (χ4v) is 0.927. The molecule has 0 saturated heterocycles. The summed E-state index contributed by atoms with van der Waals surface area (Å²) in [7, 11) is 0. The molecule has 0 fully saturated rings. The summed E-state index contributed by atoms with van der Waals surface area (Å²) in [6.45, 7) is 4.91. The van der Waals surface area contributed by atoms with Crippen molar-refractivity contribution >= 4 is 5.96 Å². The van der Waals surface area contributed by atoms with Gasteiger partial charge in [-0.2, -0.15) is 0 Å². The molecule has 0 spiro atoms. The van der Waals surface area contributed by atoms with Crippen molar-refractivity contribution in [2.45, 2.75) is 39.2 Å². The van der Waals surface area contributed by atoms with E-state index in [2.05, 4.69) is 30.1 Å². The van der Waals surface area contributed by atoms with Crippen LogP contribution in [0, 0.1) is 12.3 Å². The van der Waals surface area contributed by atoms with Crippen molar-refractivity contribution in [3.05, 3.63) is 0 Å². The summed E-state index contributed by atoms with van der Waals surface area (Å²) >= 11 is 0. The number of nitrogens with one attached hydrogen (secondary N) is 1. The molecular weight excluding hydrogens is 162 g/mol. The van der Waals surface area contributed by atoms with Crippen LogP contribution in [0.4, 0.5) is 0 Å². The quantitative estimate of drug-likeness (QED) is 0.379. The molecule has 0 radical (unpaired) electrons. The summed E-state index contributed by atoms with van der Waals surface area (Å²) in [5.74, 6) is 3.11. The Morgan fingerprint density at radius 1 is 1.62 bits per heavy atom. The predicted molar refractivity (Wildman–Crippen MR) is 57.4 cm³/mol. The molecule has 3 heteroatoms. The number of nitrogens with two attached hydrogens (primary N) is 1. The summed E-state index contributed by atoms with van der Waals surface area (Å²) in [5, 5.41) is 3.09. The molecule has 1 unspecified atom stereocenters. The summed E-state index contributed by atoms with van der Waals surface area (Å²) in [6.07, 6.45) is 7.88. The molecule has 74 valence electrons. The van der Waals surface area contributed by atoms with Crippen LogP contribution in [0.1, 0.15) is 33.1 Å². The molecule has 0 aliphatic heterocycles. The lowest BCUT2D eigenvalue weighted by atomic mass is 10.2. The van der Waals surface area contributed by atoms with Gasteiger partial charge in [-0.15, -0.1) is 12.3 Å². The van der Waals surface area contributed by atoms with E-state index in [0.717, 1.165) is 19.4 Å². The minimum Gasteiger partial charge on any atom is -0.370 e. The van der Waals surface area contributed by atoms with Crippen molar-refractivity contribution in [2.75, 3.05) is 6.54 Å². The van der Waals surface area contributed by atoms with Gasteiger partial charge in [0.15, 0.2) is 5.96 Å². The van der Waals surface area contributed by atoms with Gasteiger partial charge in [0.1, 0.15) is 0 Å². The van der Waals surface area contributed by atoms with E-state index in [1.165, 1.54) is 0 Å². The first-order chi connectivity index (χ1) is 6.24. The number of terminal acetylenes is 1. The van der Waals surface area contributed by atoms with Gasteiger partial charge in [-0.25, -0.2) is 0 Å². The van der Waals surface area contributed by atoms with Gasteiger partial charge >= 0.3 is 0 Å². The molecule has 0 rings (SSSR count). The monoisotopic (exact) mass is 181 g/mol. The molecule has 0 saturated carbocycles. The fourth-order valence-electron chi connectivity index (χ4n) is 0.927. The summed E-state index contributed by atoms with van der Waals surface area (Å²) in [5.41, 5.74) is 5.64. The third-order valence-electron chi connectivity index (χ3n) is 1.71. The maximum absolute atomic E-state index is 5.64. The first-order valence-corrected chi connectivity index (χ1v) is 4.74. The first-order valence-electron chi connectivity index (χ1n) is 4.74. The number of hydrogen-bond donors (Lipinski definition) is 2. The van der Waals surface area contributed by atoms with Crippen molar-refractivity contribution in [2.24, 2.45) is 10.7 Å². The zero-order valence-corrected chi connectivity index (χ0v) is 8.51. The van der Waals surface area contributed by atoms with E-state index in [9.17, 15) is 0 Å². The van der Waals surface area contributed by atoms with Crippen LogP contribution in [0.15, 0.2) is 4.99 Å². The van der Waals surface area contributed by atoms with E-state index < -0.39 is 0 Å².